The predicted octanol–water partition coefficient (Wildman–Crippen LogP) is 2.84. The maximum atomic E-state index is 12.5. The van der Waals surface area contributed by atoms with Crippen LogP contribution in [-0.4, -0.2) is 23.6 Å². The molecule has 0 fully saturated rings. The minimum absolute atomic E-state index is 0.120. The van der Waals surface area contributed by atoms with Crippen LogP contribution in [-0.2, 0) is 10.0 Å². The van der Waals surface area contributed by atoms with Gasteiger partial charge in [-0.15, -0.1) is 0 Å². The average molecular weight is 368 g/mol. The van der Waals surface area contributed by atoms with E-state index in [0.717, 1.165) is 5.69 Å². The molecule has 3 rings (SSSR count). The molecule has 0 atom stereocenters. The Bertz CT molecular complexity index is 1060. The van der Waals surface area contributed by atoms with Crippen LogP contribution < -0.4 is 10.0 Å². The Morgan fingerprint density at radius 1 is 1.15 bits per heavy atom. The molecule has 26 heavy (non-hydrogen) atoms. The number of nitrogens with zero attached hydrogens (tertiary/aromatic N) is 3. The molecule has 0 unspecified atom stereocenters. The molecule has 3 N–H and O–H groups in total. The van der Waals surface area contributed by atoms with E-state index in [9.17, 15) is 8.42 Å². The third-order valence-electron chi connectivity index (χ3n) is 3.61. The zero-order valence-electron chi connectivity index (χ0n) is 14.1. The first-order valence-electron chi connectivity index (χ1n) is 7.66. The van der Waals surface area contributed by atoms with Crippen molar-refractivity contribution in [2.45, 2.75) is 18.7 Å². The van der Waals surface area contributed by atoms with Gasteiger partial charge in [0.15, 0.2) is 0 Å². The average Bonchev–Trinajstić information content (AvgIpc) is 2.96. The number of sulfonamides is 1. The minimum Gasteiger partial charge on any atom is -0.354 e. The molecular weight excluding hydrogens is 352 g/mol. The summed E-state index contributed by atoms with van der Waals surface area (Å²) >= 11 is 0. The molecule has 0 radical (unpaired) electrons. The lowest BCUT2D eigenvalue weighted by Crippen LogP contribution is -2.15. The molecule has 0 saturated heterocycles. The number of H-pyrrole nitrogens is 1. The number of hydrogen-bond acceptors (Lipinski definition) is 6. The van der Waals surface area contributed by atoms with E-state index in [1.807, 2.05) is 6.07 Å². The first kappa shape index (κ1) is 17.4. The van der Waals surface area contributed by atoms with E-state index < -0.39 is 10.0 Å². The van der Waals surface area contributed by atoms with Gasteiger partial charge in [-0.25, -0.2) is 13.4 Å². The summed E-state index contributed by atoms with van der Waals surface area (Å²) in [5.41, 5.74) is 2.80. The van der Waals surface area contributed by atoms with E-state index in [-0.39, 0.29) is 10.7 Å². The number of nitriles is 1. The topological polar surface area (TPSA) is 124 Å². The molecule has 8 nitrogen and oxygen atoms in total. The van der Waals surface area contributed by atoms with Crippen molar-refractivity contribution in [3.05, 3.63) is 59.5 Å². The summed E-state index contributed by atoms with van der Waals surface area (Å²) in [5, 5.41) is 18.6. The van der Waals surface area contributed by atoms with Crippen LogP contribution >= 0.6 is 0 Å². The Kier molecular flexibility index (Phi) is 4.60. The second kappa shape index (κ2) is 6.85. The van der Waals surface area contributed by atoms with Gasteiger partial charge in [-0.1, -0.05) is 6.07 Å². The Morgan fingerprint density at radius 2 is 1.96 bits per heavy atom. The lowest BCUT2D eigenvalue weighted by Gasteiger charge is -2.09. The fourth-order valence-electron chi connectivity index (χ4n) is 2.49. The van der Waals surface area contributed by atoms with Gasteiger partial charge < -0.3 is 5.32 Å². The van der Waals surface area contributed by atoms with Gasteiger partial charge in [-0.3, -0.25) is 9.82 Å². The number of pyridine rings is 1. The van der Waals surface area contributed by atoms with Crippen LogP contribution in [0.4, 0.5) is 17.2 Å². The maximum absolute atomic E-state index is 12.5. The highest BCUT2D eigenvalue weighted by atomic mass is 32.2. The molecule has 0 aliphatic heterocycles. The first-order chi connectivity index (χ1) is 12.4. The van der Waals surface area contributed by atoms with E-state index in [0.29, 0.717) is 22.6 Å². The SMILES string of the molecule is Cc1n[nH]c(C)c1S(=O)(=O)Nc1ccc(Nc2cccc(C#N)c2)cn1. The monoisotopic (exact) mass is 368 g/mol. The minimum atomic E-state index is -3.77. The third-order valence-corrected chi connectivity index (χ3v) is 5.23. The number of nitrogens with one attached hydrogen (secondary N) is 3. The molecule has 3 aromatic rings. The van der Waals surface area contributed by atoms with Crippen molar-refractivity contribution < 1.29 is 8.42 Å². The number of anilines is 3. The predicted molar refractivity (Wildman–Crippen MR) is 97.5 cm³/mol. The summed E-state index contributed by atoms with van der Waals surface area (Å²) in [6.45, 7) is 3.26. The van der Waals surface area contributed by atoms with E-state index in [4.69, 9.17) is 5.26 Å². The van der Waals surface area contributed by atoms with Crippen LogP contribution in [0.2, 0.25) is 0 Å². The number of aryl methyl sites for hydroxylation is 2. The molecule has 0 aliphatic carbocycles. The summed E-state index contributed by atoms with van der Waals surface area (Å²) in [4.78, 5) is 4.24. The van der Waals surface area contributed by atoms with Crippen LogP contribution in [0.3, 0.4) is 0 Å². The number of aromatic amines is 1. The van der Waals surface area contributed by atoms with Crippen molar-refractivity contribution in [3.8, 4) is 6.07 Å². The van der Waals surface area contributed by atoms with E-state index in [2.05, 4.69) is 31.3 Å². The Hall–Kier alpha value is -3.38. The lowest BCUT2D eigenvalue weighted by atomic mass is 10.2. The lowest BCUT2D eigenvalue weighted by molar-refractivity contribution is 0.600. The maximum Gasteiger partial charge on any atom is 0.266 e. The van der Waals surface area contributed by atoms with Crippen molar-refractivity contribution >= 4 is 27.2 Å². The van der Waals surface area contributed by atoms with Crippen LogP contribution in [0.15, 0.2) is 47.5 Å². The highest BCUT2D eigenvalue weighted by molar-refractivity contribution is 7.92. The molecule has 0 aliphatic rings. The molecule has 0 bridgehead atoms. The van der Waals surface area contributed by atoms with Gasteiger partial charge in [0.2, 0.25) is 0 Å². The van der Waals surface area contributed by atoms with Crippen LogP contribution in [0.25, 0.3) is 0 Å². The molecular formula is C17H16N6O2S. The quantitative estimate of drug-likeness (QED) is 0.636. The standard InChI is InChI=1S/C17H16N6O2S/c1-11-17(12(2)22-21-11)26(24,25)23-16-7-6-15(10-19-16)20-14-5-3-4-13(8-14)9-18/h3-8,10,20H,1-2H3,(H,19,23)(H,21,22). The van der Waals surface area contributed by atoms with Gasteiger partial charge in [0.05, 0.1) is 34.9 Å². The zero-order chi connectivity index (χ0) is 18.7. The molecule has 2 aromatic heterocycles. The van der Waals surface area contributed by atoms with Crippen LogP contribution in [0.1, 0.15) is 17.0 Å². The number of aromatic nitrogens is 3. The summed E-state index contributed by atoms with van der Waals surface area (Å²) in [5.74, 6) is 0.196. The van der Waals surface area contributed by atoms with Crippen molar-refractivity contribution in [2.24, 2.45) is 0 Å². The molecule has 0 saturated carbocycles. The molecule has 2 heterocycles. The summed E-state index contributed by atoms with van der Waals surface area (Å²) < 4.78 is 27.4. The Balaban J connectivity index is 1.77. The van der Waals surface area contributed by atoms with E-state index in [1.165, 1.54) is 6.20 Å². The second-order valence-corrected chi connectivity index (χ2v) is 7.24. The fourth-order valence-corrected chi connectivity index (χ4v) is 3.87. The Labute approximate surface area is 151 Å². The van der Waals surface area contributed by atoms with Gasteiger partial charge >= 0.3 is 0 Å². The molecule has 9 heteroatoms. The number of benzene rings is 1. The van der Waals surface area contributed by atoms with E-state index >= 15 is 0 Å². The van der Waals surface area contributed by atoms with Crippen molar-refractivity contribution in [3.63, 3.8) is 0 Å². The van der Waals surface area contributed by atoms with Crippen molar-refractivity contribution in [2.75, 3.05) is 10.0 Å². The number of hydrogen-bond donors (Lipinski definition) is 3. The first-order valence-corrected chi connectivity index (χ1v) is 9.15. The van der Waals surface area contributed by atoms with E-state index in [1.54, 1.807) is 44.2 Å². The molecule has 1 aromatic carbocycles. The summed E-state index contributed by atoms with van der Waals surface area (Å²) in [7, 11) is -3.77. The largest absolute Gasteiger partial charge is 0.354 e. The van der Waals surface area contributed by atoms with Gasteiger partial charge in [0.1, 0.15) is 10.7 Å². The smallest absolute Gasteiger partial charge is 0.266 e. The second-order valence-electron chi connectivity index (χ2n) is 5.62. The third kappa shape index (κ3) is 3.65. The van der Waals surface area contributed by atoms with Crippen LogP contribution in [0.5, 0.6) is 0 Å². The summed E-state index contributed by atoms with van der Waals surface area (Å²) in [6.07, 6.45) is 1.51. The number of rotatable bonds is 5. The Morgan fingerprint density at radius 3 is 2.58 bits per heavy atom. The van der Waals surface area contributed by atoms with Crippen molar-refractivity contribution in [1.29, 1.82) is 5.26 Å². The highest BCUT2D eigenvalue weighted by Gasteiger charge is 2.22. The normalized spacial score (nSPS) is 11.0. The zero-order valence-corrected chi connectivity index (χ0v) is 14.9. The van der Waals surface area contributed by atoms with Gasteiger partial charge in [-0.05, 0) is 44.2 Å². The summed E-state index contributed by atoms with van der Waals surface area (Å²) in [6, 6.07) is 12.3. The van der Waals surface area contributed by atoms with Gasteiger partial charge in [-0.2, -0.15) is 10.4 Å². The fraction of sp³-hybridized carbons (Fsp3) is 0.118. The molecule has 0 amide bonds. The van der Waals surface area contributed by atoms with Gasteiger partial charge in [0, 0.05) is 5.69 Å². The van der Waals surface area contributed by atoms with Gasteiger partial charge in [0.25, 0.3) is 10.0 Å². The molecule has 0 spiro atoms. The van der Waals surface area contributed by atoms with Crippen LogP contribution in [0, 0.1) is 25.2 Å². The molecule has 132 valence electrons. The van der Waals surface area contributed by atoms with Crippen molar-refractivity contribution in [1.82, 2.24) is 15.2 Å². The highest BCUT2D eigenvalue weighted by Crippen LogP contribution is 2.22.